The van der Waals surface area contributed by atoms with Crippen LogP contribution in [-0.2, 0) is 6.42 Å². The van der Waals surface area contributed by atoms with E-state index in [9.17, 15) is 4.79 Å². The summed E-state index contributed by atoms with van der Waals surface area (Å²) < 4.78 is 0. The minimum absolute atomic E-state index is 0.0475. The lowest BCUT2D eigenvalue weighted by Crippen LogP contribution is -2.54. The van der Waals surface area contributed by atoms with Crippen LogP contribution < -0.4 is 4.90 Å². The van der Waals surface area contributed by atoms with Crippen LogP contribution in [0.1, 0.15) is 29.3 Å². The molecule has 1 N–H and O–H groups in total. The molecule has 0 saturated carbocycles. The fourth-order valence-electron chi connectivity index (χ4n) is 3.26. The first-order valence-corrected chi connectivity index (χ1v) is 9.67. The second kappa shape index (κ2) is 8.42. The molecule has 2 aromatic rings. The molecule has 0 unspecified atom stereocenters. The molecule has 1 aliphatic rings. The number of carbonyl (C=O) groups excluding carboxylic acids is 1. The molecule has 0 radical (unpaired) electrons. The largest absolute Gasteiger partial charge is 0.396 e. The Bertz CT molecular complexity index is 751. The average molecular weight is 372 g/mol. The number of thiophene rings is 1. The number of anilines is 1. The van der Waals surface area contributed by atoms with Crippen LogP contribution in [0.25, 0.3) is 0 Å². The number of piperazine rings is 1. The standard InChI is InChI=1S/C19H24N4O2S/c1-14-12-22(19-5-8-20-18(21-19)7-10-24)13-15(2)23(14)9-6-16(25)17-4-3-11-26-17/h3-6,8-9,11,14-15,24H,7,10,12-13H2,1-2H3/b9-6+/t14-,15+. The van der Waals surface area contributed by atoms with Gasteiger partial charge < -0.3 is 14.9 Å². The lowest BCUT2D eigenvalue weighted by Gasteiger charge is -2.44. The van der Waals surface area contributed by atoms with Crippen LogP contribution in [0.15, 0.2) is 42.1 Å². The maximum absolute atomic E-state index is 12.2. The van der Waals surface area contributed by atoms with Crippen molar-refractivity contribution in [2.75, 3.05) is 24.6 Å². The number of hydrogen-bond donors (Lipinski definition) is 1. The molecule has 1 saturated heterocycles. The zero-order valence-electron chi connectivity index (χ0n) is 15.1. The topological polar surface area (TPSA) is 69.6 Å². The molecular formula is C19H24N4O2S. The number of aliphatic hydroxyl groups is 1. The zero-order valence-corrected chi connectivity index (χ0v) is 15.9. The number of aromatic nitrogens is 2. The van der Waals surface area contributed by atoms with Crippen molar-refractivity contribution in [3.8, 4) is 0 Å². The Hall–Kier alpha value is -2.25. The highest BCUT2D eigenvalue weighted by Crippen LogP contribution is 2.21. The molecule has 6 nitrogen and oxygen atoms in total. The molecule has 1 fully saturated rings. The fraction of sp³-hybridized carbons (Fsp3) is 0.421. The third-order valence-electron chi connectivity index (χ3n) is 4.50. The Balaban J connectivity index is 1.67. The molecule has 7 heteroatoms. The van der Waals surface area contributed by atoms with Crippen molar-refractivity contribution in [3.63, 3.8) is 0 Å². The van der Waals surface area contributed by atoms with Crippen molar-refractivity contribution < 1.29 is 9.90 Å². The second-order valence-electron chi connectivity index (χ2n) is 6.51. The van der Waals surface area contributed by atoms with Gasteiger partial charge in [-0.3, -0.25) is 4.79 Å². The minimum atomic E-state index is 0.0475. The predicted octanol–water partition coefficient (Wildman–Crippen LogP) is 2.37. The van der Waals surface area contributed by atoms with Crippen LogP contribution in [0.3, 0.4) is 0 Å². The summed E-state index contributed by atoms with van der Waals surface area (Å²) in [6.07, 6.45) is 5.80. The van der Waals surface area contributed by atoms with Crippen LogP contribution in [0.5, 0.6) is 0 Å². The summed E-state index contributed by atoms with van der Waals surface area (Å²) in [6.45, 7) is 5.99. The van der Waals surface area contributed by atoms with E-state index < -0.39 is 0 Å². The van der Waals surface area contributed by atoms with Gasteiger partial charge in [-0.05, 0) is 31.4 Å². The first-order valence-electron chi connectivity index (χ1n) is 8.79. The molecule has 3 heterocycles. The van der Waals surface area contributed by atoms with Crippen LogP contribution in [0, 0.1) is 0 Å². The smallest absolute Gasteiger partial charge is 0.197 e. The average Bonchev–Trinajstić information content (AvgIpc) is 3.16. The van der Waals surface area contributed by atoms with Crippen LogP contribution in [0.4, 0.5) is 5.82 Å². The van der Waals surface area contributed by atoms with E-state index in [0.29, 0.717) is 12.2 Å². The zero-order chi connectivity index (χ0) is 18.5. The third kappa shape index (κ3) is 4.28. The van der Waals surface area contributed by atoms with E-state index in [1.165, 1.54) is 11.3 Å². The highest BCUT2D eigenvalue weighted by atomic mass is 32.1. The fourth-order valence-corrected chi connectivity index (χ4v) is 3.90. The molecule has 2 atom stereocenters. The van der Waals surface area contributed by atoms with E-state index in [2.05, 4.69) is 33.6 Å². The Morgan fingerprint density at radius 1 is 1.35 bits per heavy atom. The number of allylic oxidation sites excluding steroid dienone is 1. The normalized spacial score (nSPS) is 20.7. The van der Waals surface area contributed by atoms with Crippen molar-refractivity contribution in [3.05, 3.63) is 52.8 Å². The number of hydrogen-bond acceptors (Lipinski definition) is 7. The first-order chi connectivity index (χ1) is 12.6. The third-order valence-corrected chi connectivity index (χ3v) is 5.38. The van der Waals surface area contributed by atoms with Crippen LogP contribution in [-0.4, -0.2) is 57.5 Å². The van der Waals surface area contributed by atoms with E-state index in [1.54, 1.807) is 12.3 Å². The molecule has 0 aromatic carbocycles. The molecule has 0 amide bonds. The van der Waals surface area contributed by atoms with Gasteiger partial charge in [0.2, 0.25) is 0 Å². The van der Waals surface area contributed by atoms with Gasteiger partial charge in [-0.25, -0.2) is 9.97 Å². The molecule has 0 aliphatic carbocycles. The van der Waals surface area contributed by atoms with E-state index in [0.717, 1.165) is 23.8 Å². The lowest BCUT2D eigenvalue weighted by molar-refractivity contribution is 0.104. The molecule has 1 aliphatic heterocycles. The van der Waals surface area contributed by atoms with Gasteiger partial charge in [0.15, 0.2) is 5.78 Å². The number of carbonyl (C=O) groups is 1. The molecule has 2 aromatic heterocycles. The van der Waals surface area contributed by atoms with Gasteiger partial charge in [0.1, 0.15) is 11.6 Å². The monoisotopic (exact) mass is 372 g/mol. The Kier molecular flexibility index (Phi) is 6.00. The van der Waals surface area contributed by atoms with E-state index >= 15 is 0 Å². The predicted molar refractivity (Wildman–Crippen MR) is 104 cm³/mol. The van der Waals surface area contributed by atoms with Gasteiger partial charge >= 0.3 is 0 Å². The quantitative estimate of drug-likeness (QED) is 0.620. The summed E-state index contributed by atoms with van der Waals surface area (Å²) in [6, 6.07) is 6.15. The van der Waals surface area contributed by atoms with E-state index in [-0.39, 0.29) is 24.5 Å². The van der Waals surface area contributed by atoms with Crippen LogP contribution >= 0.6 is 11.3 Å². The lowest BCUT2D eigenvalue weighted by atomic mass is 10.1. The summed E-state index contributed by atoms with van der Waals surface area (Å²) in [5, 5.41) is 11.0. The molecule has 138 valence electrons. The minimum Gasteiger partial charge on any atom is -0.396 e. The maximum atomic E-state index is 12.2. The second-order valence-corrected chi connectivity index (χ2v) is 7.46. The van der Waals surface area contributed by atoms with Gasteiger partial charge in [0, 0.05) is 50.1 Å². The molecule has 26 heavy (non-hydrogen) atoms. The SMILES string of the molecule is C[C@@H]1CN(c2ccnc(CCO)n2)C[C@H](C)N1/C=C/C(=O)c1cccs1. The van der Waals surface area contributed by atoms with Crippen molar-refractivity contribution in [1.29, 1.82) is 0 Å². The number of nitrogens with zero attached hydrogens (tertiary/aromatic N) is 4. The summed E-state index contributed by atoms with van der Waals surface area (Å²) in [5.74, 6) is 1.60. The molecule has 3 rings (SSSR count). The van der Waals surface area contributed by atoms with E-state index in [1.807, 2.05) is 29.8 Å². The van der Waals surface area contributed by atoms with Gasteiger partial charge in [-0.1, -0.05) is 6.07 Å². The van der Waals surface area contributed by atoms with Gasteiger partial charge in [-0.15, -0.1) is 11.3 Å². The summed E-state index contributed by atoms with van der Waals surface area (Å²) >= 11 is 1.46. The Labute approximate surface area is 157 Å². The number of ketones is 1. The maximum Gasteiger partial charge on any atom is 0.197 e. The van der Waals surface area contributed by atoms with Crippen molar-refractivity contribution in [1.82, 2.24) is 14.9 Å². The molecule has 0 spiro atoms. The van der Waals surface area contributed by atoms with Crippen molar-refractivity contribution >= 4 is 22.9 Å². The van der Waals surface area contributed by atoms with Gasteiger partial charge in [0.05, 0.1) is 11.5 Å². The number of aliphatic hydroxyl groups excluding tert-OH is 1. The molecular weight excluding hydrogens is 348 g/mol. The summed E-state index contributed by atoms with van der Waals surface area (Å²) in [5.41, 5.74) is 0. The highest BCUT2D eigenvalue weighted by Gasteiger charge is 2.28. The summed E-state index contributed by atoms with van der Waals surface area (Å²) in [7, 11) is 0. The van der Waals surface area contributed by atoms with E-state index in [4.69, 9.17) is 5.11 Å². The van der Waals surface area contributed by atoms with Crippen molar-refractivity contribution in [2.24, 2.45) is 0 Å². The van der Waals surface area contributed by atoms with Crippen LogP contribution in [0.2, 0.25) is 0 Å². The Morgan fingerprint density at radius 3 is 2.77 bits per heavy atom. The first kappa shape index (κ1) is 18.5. The Morgan fingerprint density at radius 2 is 2.12 bits per heavy atom. The highest BCUT2D eigenvalue weighted by molar-refractivity contribution is 7.12. The summed E-state index contributed by atoms with van der Waals surface area (Å²) in [4.78, 5) is 26.2. The molecule has 0 bridgehead atoms. The van der Waals surface area contributed by atoms with Gasteiger partial charge in [-0.2, -0.15) is 0 Å². The van der Waals surface area contributed by atoms with Crippen molar-refractivity contribution in [2.45, 2.75) is 32.4 Å². The number of rotatable bonds is 6. The van der Waals surface area contributed by atoms with Gasteiger partial charge in [0.25, 0.3) is 0 Å².